The van der Waals surface area contributed by atoms with Gasteiger partial charge in [0.2, 0.25) is 5.78 Å². The summed E-state index contributed by atoms with van der Waals surface area (Å²) < 4.78 is 11.2. The summed E-state index contributed by atoms with van der Waals surface area (Å²) >= 11 is 6.38. The molecule has 1 aliphatic rings. The largest absolute Gasteiger partial charge is 0.481 e. The molecule has 0 N–H and O–H groups in total. The van der Waals surface area contributed by atoms with Crippen molar-refractivity contribution in [3.63, 3.8) is 0 Å². The Morgan fingerprint density at radius 2 is 1.88 bits per heavy atom. The Balaban J connectivity index is 1.69. The van der Waals surface area contributed by atoms with Crippen molar-refractivity contribution >= 4 is 28.4 Å². The first-order valence-electron chi connectivity index (χ1n) is 8.58. The standard InChI is InChI=1S/C21H17ClO4/c1-12(20(23)13-6-3-2-4-7-13)25-19-11-18-16(10-17(19)22)14-8-5-9-15(14)21(24)26-18/h2-4,6-7,10-12H,5,8-9H2,1H3/t12-/m1/s1. The van der Waals surface area contributed by atoms with Crippen LogP contribution in [0.3, 0.4) is 0 Å². The first-order chi connectivity index (χ1) is 12.5. The van der Waals surface area contributed by atoms with Crippen molar-refractivity contribution < 1.29 is 13.9 Å². The molecule has 0 fully saturated rings. The highest BCUT2D eigenvalue weighted by Crippen LogP contribution is 2.35. The van der Waals surface area contributed by atoms with Crippen LogP contribution in [0.25, 0.3) is 11.0 Å². The van der Waals surface area contributed by atoms with Gasteiger partial charge in [-0.2, -0.15) is 0 Å². The van der Waals surface area contributed by atoms with Gasteiger partial charge in [-0.05, 0) is 37.8 Å². The average molecular weight is 369 g/mol. The van der Waals surface area contributed by atoms with E-state index in [1.165, 1.54) is 0 Å². The van der Waals surface area contributed by atoms with Gasteiger partial charge < -0.3 is 9.15 Å². The Bertz CT molecular complexity index is 1050. The van der Waals surface area contributed by atoms with Gasteiger partial charge >= 0.3 is 5.63 Å². The number of carbonyl (C=O) groups excluding carboxylic acids is 1. The third-order valence-electron chi connectivity index (χ3n) is 4.76. The minimum atomic E-state index is -0.714. The van der Waals surface area contributed by atoms with E-state index in [4.69, 9.17) is 20.8 Å². The van der Waals surface area contributed by atoms with E-state index in [1.54, 1.807) is 43.3 Å². The van der Waals surface area contributed by atoms with Gasteiger partial charge in [0.25, 0.3) is 0 Å². The number of fused-ring (bicyclic) bond motifs is 3. The quantitative estimate of drug-likeness (QED) is 0.499. The molecule has 0 spiro atoms. The fourth-order valence-corrected chi connectivity index (χ4v) is 3.66. The Morgan fingerprint density at radius 1 is 1.15 bits per heavy atom. The van der Waals surface area contributed by atoms with Crippen LogP contribution in [-0.4, -0.2) is 11.9 Å². The molecule has 4 rings (SSSR count). The van der Waals surface area contributed by atoms with Gasteiger partial charge in [0.1, 0.15) is 11.3 Å². The van der Waals surface area contributed by atoms with E-state index in [2.05, 4.69) is 0 Å². The molecular weight excluding hydrogens is 352 g/mol. The Kier molecular flexibility index (Phi) is 4.29. The number of ketones is 1. The molecule has 0 amide bonds. The summed E-state index contributed by atoms with van der Waals surface area (Å²) in [6, 6.07) is 12.3. The zero-order valence-corrected chi connectivity index (χ0v) is 15.0. The summed E-state index contributed by atoms with van der Waals surface area (Å²) in [5.74, 6) is 0.189. The second kappa shape index (κ2) is 6.61. The molecule has 0 aliphatic heterocycles. The fourth-order valence-electron chi connectivity index (χ4n) is 3.45. The molecule has 0 saturated heterocycles. The molecule has 0 bridgehead atoms. The van der Waals surface area contributed by atoms with Crippen molar-refractivity contribution in [2.24, 2.45) is 0 Å². The monoisotopic (exact) mass is 368 g/mol. The van der Waals surface area contributed by atoms with Crippen LogP contribution >= 0.6 is 11.6 Å². The molecule has 0 unspecified atom stereocenters. The molecule has 4 nitrogen and oxygen atoms in total. The van der Waals surface area contributed by atoms with Crippen LogP contribution < -0.4 is 10.4 Å². The molecule has 2 aromatic carbocycles. The number of carbonyl (C=O) groups is 1. The normalized spacial score (nSPS) is 14.2. The number of benzene rings is 2. The lowest BCUT2D eigenvalue weighted by Crippen LogP contribution is -2.24. The highest BCUT2D eigenvalue weighted by molar-refractivity contribution is 6.32. The van der Waals surface area contributed by atoms with Crippen molar-refractivity contribution in [2.45, 2.75) is 32.3 Å². The lowest BCUT2D eigenvalue weighted by atomic mass is 10.1. The maximum Gasteiger partial charge on any atom is 0.339 e. The predicted octanol–water partition coefficient (Wildman–Crippen LogP) is 4.59. The van der Waals surface area contributed by atoms with E-state index >= 15 is 0 Å². The fraction of sp³-hybridized carbons (Fsp3) is 0.238. The SMILES string of the molecule is C[C@@H](Oc1cc2oc(=O)c3c(c2cc1Cl)CCC3)C(=O)c1ccccc1. The maximum atomic E-state index is 12.5. The molecule has 0 saturated carbocycles. The first-order valence-corrected chi connectivity index (χ1v) is 8.96. The van der Waals surface area contributed by atoms with Crippen LogP contribution in [0, 0.1) is 0 Å². The number of halogens is 1. The minimum Gasteiger partial charge on any atom is -0.481 e. The van der Waals surface area contributed by atoms with Gasteiger partial charge in [-0.15, -0.1) is 0 Å². The van der Waals surface area contributed by atoms with Crippen LogP contribution in [-0.2, 0) is 12.8 Å². The maximum absolute atomic E-state index is 12.5. The van der Waals surface area contributed by atoms with E-state index in [9.17, 15) is 9.59 Å². The molecule has 0 radical (unpaired) electrons. The Hall–Kier alpha value is -2.59. The van der Waals surface area contributed by atoms with Crippen molar-refractivity contribution in [3.05, 3.63) is 74.6 Å². The number of aryl methyl sites for hydroxylation is 1. The van der Waals surface area contributed by atoms with Gasteiger partial charge in [-0.1, -0.05) is 41.9 Å². The first kappa shape index (κ1) is 16.9. The van der Waals surface area contributed by atoms with E-state index in [0.717, 1.165) is 35.8 Å². The molecule has 1 atom stereocenters. The zero-order valence-electron chi connectivity index (χ0n) is 14.3. The molecule has 26 heavy (non-hydrogen) atoms. The van der Waals surface area contributed by atoms with E-state index in [1.807, 2.05) is 6.07 Å². The highest BCUT2D eigenvalue weighted by atomic mass is 35.5. The highest BCUT2D eigenvalue weighted by Gasteiger charge is 2.22. The van der Waals surface area contributed by atoms with Crippen LogP contribution in [0.1, 0.15) is 34.8 Å². The van der Waals surface area contributed by atoms with E-state index in [-0.39, 0.29) is 11.4 Å². The van der Waals surface area contributed by atoms with Crippen molar-refractivity contribution in [3.8, 4) is 5.75 Å². The number of hydrogen-bond donors (Lipinski definition) is 0. The van der Waals surface area contributed by atoms with Gasteiger partial charge in [0, 0.05) is 22.6 Å². The number of hydrogen-bond acceptors (Lipinski definition) is 4. The summed E-state index contributed by atoms with van der Waals surface area (Å²) in [6.45, 7) is 1.68. The van der Waals surface area contributed by atoms with Gasteiger partial charge in [-0.3, -0.25) is 4.79 Å². The second-order valence-electron chi connectivity index (χ2n) is 6.47. The summed E-state index contributed by atoms with van der Waals surface area (Å²) in [6.07, 6.45) is 1.81. The van der Waals surface area contributed by atoms with Crippen LogP contribution in [0.4, 0.5) is 0 Å². The second-order valence-corrected chi connectivity index (χ2v) is 6.88. The summed E-state index contributed by atoms with van der Waals surface area (Å²) in [5, 5.41) is 1.24. The summed E-state index contributed by atoms with van der Waals surface area (Å²) in [7, 11) is 0. The van der Waals surface area contributed by atoms with Crippen LogP contribution in [0.15, 0.2) is 51.7 Å². The molecule has 1 heterocycles. The molecule has 5 heteroatoms. The van der Waals surface area contributed by atoms with Gasteiger partial charge in [0.05, 0.1) is 5.02 Å². The zero-order chi connectivity index (χ0) is 18.3. The third-order valence-corrected chi connectivity index (χ3v) is 5.05. The average Bonchev–Trinajstić information content (AvgIpc) is 3.14. The van der Waals surface area contributed by atoms with Gasteiger partial charge in [-0.25, -0.2) is 4.79 Å². The summed E-state index contributed by atoms with van der Waals surface area (Å²) in [4.78, 5) is 24.6. The topological polar surface area (TPSA) is 56.5 Å². The number of ether oxygens (including phenoxy) is 1. The van der Waals surface area contributed by atoms with Crippen LogP contribution in [0.2, 0.25) is 5.02 Å². The minimum absolute atomic E-state index is 0.142. The smallest absolute Gasteiger partial charge is 0.339 e. The molecule has 1 aliphatic carbocycles. The molecular formula is C21H17ClO4. The Labute approximate surface area is 155 Å². The lowest BCUT2D eigenvalue weighted by molar-refractivity contribution is 0.0818. The Morgan fingerprint density at radius 3 is 2.65 bits per heavy atom. The number of rotatable bonds is 4. The van der Waals surface area contributed by atoms with Crippen LogP contribution in [0.5, 0.6) is 5.75 Å². The van der Waals surface area contributed by atoms with Crippen molar-refractivity contribution in [1.82, 2.24) is 0 Å². The number of Topliss-reactive ketones (excluding diaryl/α,β-unsaturated/α-hetero) is 1. The lowest BCUT2D eigenvalue weighted by Gasteiger charge is -2.16. The van der Waals surface area contributed by atoms with E-state index in [0.29, 0.717) is 21.9 Å². The van der Waals surface area contributed by atoms with E-state index < -0.39 is 6.10 Å². The van der Waals surface area contributed by atoms with Crippen molar-refractivity contribution in [2.75, 3.05) is 0 Å². The molecule has 132 valence electrons. The van der Waals surface area contributed by atoms with Crippen molar-refractivity contribution in [1.29, 1.82) is 0 Å². The van der Waals surface area contributed by atoms with Gasteiger partial charge in [0.15, 0.2) is 6.10 Å². The predicted molar refractivity (Wildman–Crippen MR) is 100 cm³/mol. The molecule has 1 aromatic heterocycles. The summed E-state index contributed by atoms with van der Waals surface area (Å²) in [5.41, 5.74) is 2.47. The molecule has 3 aromatic rings. The third kappa shape index (κ3) is 2.90.